The molecule has 1 atom stereocenters. The maximum absolute atomic E-state index is 9.10. The lowest BCUT2D eigenvalue weighted by Gasteiger charge is -2.20. The Morgan fingerprint density at radius 1 is 1.57 bits per heavy atom. The third-order valence-electron chi connectivity index (χ3n) is 1.99. The Labute approximate surface area is 88.3 Å². The van der Waals surface area contributed by atoms with Gasteiger partial charge in [0.05, 0.1) is 18.8 Å². The van der Waals surface area contributed by atoms with Crippen molar-refractivity contribution in [1.82, 2.24) is 9.97 Å². The number of halogens is 1. The molecular formula is C9H14ClN3O. The van der Waals surface area contributed by atoms with Crippen molar-refractivity contribution in [3.63, 3.8) is 0 Å². The van der Waals surface area contributed by atoms with E-state index in [1.165, 1.54) is 12.5 Å². The van der Waals surface area contributed by atoms with Crippen LogP contribution in [0.1, 0.15) is 13.8 Å². The summed E-state index contributed by atoms with van der Waals surface area (Å²) < 4.78 is 0. The summed E-state index contributed by atoms with van der Waals surface area (Å²) in [7, 11) is 0. The lowest BCUT2D eigenvalue weighted by Crippen LogP contribution is -2.29. The molecule has 0 saturated heterocycles. The smallest absolute Gasteiger partial charge is 0.148 e. The zero-order valence-electron chi connectivity index (χ0n) is 8.24. The molecule has 0 amide bonds. The number of aromatic nitrogens is 2. The summed E-state index contributed by atoms with van der Waals surface area (Å²) >= 11 is 5.86. The Morgan fingerprint density at radius 3 is 2.79 bits per heavy atom. The van der Waals surface area contributed by atoms with E-state index in [1.807, 2.05) is 13.8 Å². The topological polar surface area (TPSA) is 58.0 Å². The van der Waals surface area contributed by atoms with E-state index in [2.05, 4.69) is 15.3 Å². The van der Waals surface area contributed by atoms with Crippen molar-refractivity contribution in [3.8, 4) is 0 Å². The zero-order chi connectivity index (χ0) is 10.6. The first kappa shape index (κ1) is 11.2. The molecule has 14 heavy (non-hydrogen) atoms. The molecule has 0 aliphatic rings. The predicted octanol–water partition coefficient (Wildman–Crippen LogP) is 1.56. The van der Waals surface area contributed by atoms with Crippen LogP contribution in [0, 0.1) is 5.92 Å². The van der Waals surface area contributed by atoms with Gasteiger partial charge in [0.2, 0.25) is 0 Å². The van der Waals surface area contributed by atoms with Crippen LogP contribution in [0.3, 0.4) is 0 Å². The first-order chi connectivity index (χ1) is 6.65. The molecule has 0 bridgehead atoms. The van der Waals surface area contributed by atoms with Gasteiger partial charge in [0.1, 0.15) is 17.2 Å². The lowest BCUT2D eigenvalue weighted by atomic mass is 10.1. The van der Waals surface area contributed by atoms with E-state index in [0.29, 0.717) is 16.8 Å². The molecule has 0 saturated carbocycles. The molecule has 4 nitrogen and oxygen atoms in total. The van der Waals surface area contributed by atoms with Crippen LogP contribution in [0.25, 0.3) is 0 Å². The van der Waals surface area contributed by atoms with Crippen LogP contribution in [-0.2, 0) is 0 Å². The summed E-state index contributed by atoms with van der Waals surface area (Å²) in [5.41, 5.74) is 0. The summed E-state index contributed by atoms with van der Waals surface area (Å²) in [6.07, 6.45) is 2.94. The van der Waals surface area contributed by atoms with Crippen LogP contribution in [0.4, 0.5) is 5.82 Å². The highest BCUT2D eigenvalue weighted by Crippen LogP contribution is 2.18. The van der Waals surface area contributed by atoms with Crippen LogP contribution in [0.5, 0.6) is 0 Å². The summed E-state index contributed by atoms with van der Waals surface area (Å²) in [5.74, 6) is 0.875. The molecule has 1 heterocycles. The van der Waals surface area contributed by atoms with Crippen molar-refractivity contribution < 1.29 is 5.11 Å². The van der Waals surface area contributed by atoms with Gasteiger partial charge in [0, 0.05) is 0 Å². The zero-order valence-corrected chi connectivity index (χ0v) is 8.99. The Bertz CT molecular complexity index is 293. The van der Waals surface area contributed by atoms with Crippen LogP contribution in [-0.4, -0.2) is 27.7 Å². The molecule has 1 aromatic heterocycles. The molecule has 0 radical (unpaired) electrons. The Kier molecular flexibility index (Phi) is 4.10. The standard InChI is InChI=1S/C9H14ClN3O/c1-6(2)8(4-14)13-9-7(10)3-11-5-12-9/h3,5-6,8,14H,4H2,1-2H3,(H,11,12,13). The molecule has 0 spiro atoms. The quantitative estimate of drug-likeness (QED) is 0.801. The highest BCUT2D eigenvalue weighted by Gasteiger charge is 2.13. The van der Waals surface area contributed by atoms with Gasteiger partial charge >= 0.3 is 0 Å². The van der Waals surface area contributed by atoms with Gasteiger partial charge in [-0.25, -0.2) is 9.97 Å². The van der Waals surface area contributed by atoms with Gasteiger partial charge in [-0.15, -0.1) is 0 Å². The lowest BCUT2D eigenvalue weighted by molar-refractivity contribution is 0.249. The van der Waals surface area contributed by atoms with Crippen LogP contribution < -0.4 is 5.32 Å². The predicted molar refractivity (Wildman–Crippen MR) is 56.4 cm³/mol. The molecule has 1 unspecified atom stereocenters. The maximum atomic E-state index is 9.10. The fraction of sp³-hybridized carbons (Fsp3) is 0.556. The minimum Gasteiger partial charge on any atom is -0.394 e. The van der Waals surface area contributed by atoms with E-state index < -0.39 is 0 Å². The second-order valence-electron chi connectivity index (χ2n) is 3.40. The SMILES string of the molecule is CC(C)C(CO)Nc1ncncc1Cl. The van der Waals surface area contributed by atoms with Gasteiger partial charge in [-0.2, -0.15) is 0 Å². The molecule has 0 aliphatic heterocycles. The number of rotatable bonds is 4. The highest BCUT2D eigenvalue weighted by atomic mass is 35.5. The van der Waals surface area contributed by atoms with E-state index in [0.717, 1.165) is 0 Å². The van der Waals surface area contributed by atoms with E-state index in [4.69, 9.17) is 16.7 Å². The van der Waals surface area contributed by atoms with Gasteiger partial charge < -0.3 is 10.4 Å². The number of nitrogens with one attached hydrogen (secondary N) is 1. The monoisotopic (exact) mass is 215 g/mol. The number of nitrogens with zero attached hydrogens (tertiary/aromatic N) is 2. The Balaban J connectivity index is 2.72. The molecule has 1 rings (SSSR count). The molecule has 2 N–H and O–H groups in total. The normalized spacial score (nSPS) is 12.9. The highest BCUT2D eigenvalue weighted by molar-refractivity contribution is 6.32. The van der Waals surface area contributed by atoms with E-state index >= 15 is 0 Å². The summed E-state index contributed by atoms with van der Waals surface area (Å²) in [4.78, 5) is 7.76. The van der Waals surface area contributed by atoms with Crippen LogP contribution in [0.2, 0.25) is 5.02 Å². The molecular weight excluding hydrogens is 202 g/mol. The third-order valence-corrected chi connectivity index (χ3v) is 2.27. The second kappa shape index (κ2) is 5.12. The van der Waals surface area contributed by atoms with Gasteiger partial charge in [0.15, 0.2) is 0 Å². The van der Waals surface area contributed by atoms with Crippen molar-refractivity contribution in [2.75, 3.05) is 11.9 Å². The molecule has 5 heteroatoms. The number of hydrogen-bond donors (Lipinski definition) is 2. The van der Waals surface area contributed by atoms with Gasteiger partial charge in [-0.1, -0.05) is 25.4 Å². The molecule has 0 aromatic carbocycles. The summed E-state index contributed by atoms with van der Waals surface area (Å²) in [5, 5.41) is 12.6. The summed E-state index contributed by atoms with van der Waals surface area (Å²) in [6.45, 7) is 4.09. The first-order valence-electron chi connectivity index (χ1n) is 4.48. The van der Waals surface area contributed by atoms with E-state index in [-0.39, 0.29) is 12.6 Å². The molecule has 1 aromatic rings. The fourth-order valence-electron chi connectivity index (χ4n) is 1.02. The van der Waals surface area contributed by atoms with E-state index in [1.54, 1.807) is 0 Å². The van der Waals surface area contributed by atoms with Crippen molar-refractivity contribution in [1.29, 1.82) is 0 Å². The fourth-order valence-corrected chi connectivity index (χ4v) is 1.18. The van der Waals surface area contributed by atoms with Gasteiger partial charge in [0.25, 0.3) is 0 Å². The maximum Gasteiger partial charge on any atom is 0.148 e. The number of aliphatic hydroxyl groups is 1. The van der Waals surface area contributed by atoms with Crippen molar-refractivity contribution in [2.45, 2.75) is 19.9 Å². The number of anilines is 1. The average Bonchev–Trinajstić information content (AvgIpc) is 2.16. The minimum absolute atomic E-state index is 0.0394. The van der Waals surface area contributed by atoms with Gasteiger partial charge in [-0.05, 0) is 5.92 Å². The molecule has 0 aliphatic carbocycles. The van der Waals surface area contributed by atoms with Crippen molar-refractivity contribution in [3.05, 3.63) is 17.5 Å². The third kappa shape index (κ3) is 2.82. The molecule has 78 valence electrons. The second-order valence-corrected chi connectivity index (χ2v) is 3.80. The van der Waals surface area contributed by atoms with Crippen LogP contribution in [0.15, 0.2) is 12.5 Å². The minimum atomic E-state index is -0.0394. The van der Waals surface area contributed by atoms with Crippen molar-refractivity contribution in [2.24, 2.45) is 5.92 Å². The number of aliphatic hydroxyl groups excluding tert-OH is 1. The van der Waals surface area contributed by atoms with Crippen molar-refractivity contribution >= 4 is 17.4 Å². The largest absolute Gasteiger partial charge is 0.394 e. The van der Waals surface area contributed by atoms with Crippen LogP contribution >= 0.6 is 11.6 Å². The Morgan fingerprint density at radius 2 is 2.29 bits per heavy atom. The van der Waals surface area contributed by atoms with E-state index in [9.17, 15) is 0 Å². The average molecular weight is 216 g/mol. The Hall–Kier alpha value is -0.870. The summed E-state index contributed by atoms with van der Waals surface area (Å²) in [6, 6.07) is -0.0394. The number of hydrogen-bond acceptors (Lipinski definition) is 4. The first-order valence-corrected chi connectivity index (χ1v) is 4.86. The molecule has 0 fully saturated rings. The van der Waals surface area contributed by atoms with Gasteiger partial charge in [-0.3, -0.25) is 0 Å².